The fourth-order valence-electron chi connectivity index (χ4n) is 7.59. The molecule has 0 bridgehead atoms. The summed E-state index contributed by atoms with van der Waals surface area (Å²) in [5, 5.41) is 12.9. The minimum absolute atomic E-state index is 0.0182. The number of carboxylic acid groups (broad SMARTS) is 1. The Kier molecular flexibility index (Phi) is 36.8. The number of rotatable bonds is 39. The van der Waals surface area contributed by atoms with Crippen molar-refractivity contribution >= 4 is 23.8 Å². The van der Waals surface area contributed by atoms with Gasteiger partial charge in [0, 0.05) is 20.0 Å². The molecule has 1 aromatic carbocycles. The molecule has 0 saturated heterocycles. The number of carbonyl (C=O) groups is 2. The number of hydrogen-bond acceptors (Lipinski definition) is 8. The molecule has 0 aromatic heterocycles. The minimum Gasteiger partial charge on any atom is -0.483 e. The van der Waals surface area contributed by atoms with E-state index in [1.54, 1.807) is 7.05 Å². The third-order valence-corrected chi connectivity index (χ3v) is 11.1. The molecule has 0 fully saturated rings. The molecule has 2 atom stereocenters. The van der Waals surface area contributed by atoms with Crippen molar-refractivity contribution in [3.8, 4) is 0 Å². The van der Waals surface area contributed by atoms with E-state index in [1.165, 1.54) is 128 Å². The standard InChI is InChI=1S/C45H85N3O4.CH2O2/c1-6-10-13-17-23-31-39(30-22-14-11-7-2)32-24-18-15-20-27-36-48(38-29-26-35-47-43-42(46-5)44(50)45(43)51)37-28-21-16-19-25-34-41(49)52-40(9-4)33-12-8-3;2-1-3/h39-40,46-47H,6-38H2,1-5H3;1H,(H,2,3). The van der Waals surface area contributed by atoms with Crippen molar-refractivity contribution < 1.29 is 19.4 Å². The first-order valence-corrected chi connectivity index (χ1v) is 23.1. The summed E-state index contributed by atoms with van der Waals surface area (Å²) in [5.74, 6) is 0.931. The highest BCUT2D eigenvalue weighted by Gasteiger charge is 2.19. The number of esters is 1. The van der Waals surface area contributed by atoms with Crippen LogP contribution in [-0.2, 0) is 14.3 Å². The fourth-order valence-corrected chi connectivity index (χ4v) is 7.59. The highest BCUT2D eigenvalue weighted by molar-refractivity contribution is 5.73. The quantitative estimate of drug-likeness (QED) is 0.0259. The zero-order chi connectivity index (χ0) is 40.8. The fraction of sp³-hybridized carbons (Fsp3) is 0.870. The van der Waals surface area contributed by atoms with E-state index in [1.807, 2.05) is 0 Å². The molecule has 0 aliphatic carbocycles. The Morgan fingerprint density at radius 1 is 0.618 bits per heavy atom. The third-order valence-electron chi connectivity index (χ3n) is 11.1. The Labute approximate surface area is 337 Å². The Balaban J connectivity index is 0.00000938. The third kappa shape index (κ3) is 28.6. The molecular weight excluding hydrogens is 691 g/mol. The monoisotopic (exact) mass is 778 g/mol. The van der Waals surface area contributed by atoms with Gasteiger partial charge in [-0.25, -0.2) is 0 Å². The summed E-state index contributed by atoms with van der Waals surface area (Å²) in [6, 6.07) is 0. The SMILES string of the molecule is CCCCCCCC(CCCCCC)CCCCCCCN(CCCCCCCC(=O)OC(CC)CCCC)CCCCNc1c(NC)c(=O)c1=O.O=CO. The zero-order valence-corrected chi connectivity index (χ0v) is 36.5. The molecule has 0 heterocycles. The van der Waals surface area contributed by atoms with Crippen LogP contribution >= 0.6 is 0 Å². The van der Waals surface area contributed by atoms with E-state index in [4.69, 9.17) is 14.6 Å². The number of nitrogens with zero attached hydrogens (tertiary/aromatic N) is 1. The minimum atomic E-state index is -0.413. The van der Waals surface area contributed by atoms with Crippen LogP contribution < -0.4 is 21.5 Å². The van der Waals surface area contributed by atoms with Gasteiger partial charge in [0.1, 0.15) is 17.5 Å². The summed E-state index contributed by atoms with van der Waals surface area (Å²) in [5.41, 5.74) is 0.0632. The second-order valence-corrected chi connectivity index (χ2v) is 15.9. The van der Waals surface area contributed by atoms with Gasteiger partial charge in [-0.1, -0.05) is 163 Å². The lowest BCUT2D eigenvalue weighted by molar-refractivity contribution is -0.149. The molecule has 1 rings (SSSR count). The number of anilines is 2. The van der Waals surface area contributed by atoms with Crippen LogP contribution in [0.5, 0.6) is 0 Å². The summed E-state index contributed by atoms with van der Waals surface area (Å²) in [7, 11) is 1.69. The van der Waals surface area contributed by atoms with Crippen molar-refractivity contribution in [2.75, 3.05) is 43.9 Å². The molecule has 0 amide bonds. The van der Waals surface area contributed by atoms with Crippen molar-refractivity contribution in [1.29, 1.82) is 0 Å². The molecule has 9 nitrogen and oxygen atoms in total. The topological polar surface area (TPSA) is 125 Å². The van der Waals surface area contributed by atoms with Crippen LogP contribution in [0.2, 0.25) is 0 Å². The summed E-state index contributed by atoms with van der Waals surface area (Å²) in [4.78, 5) is 46.9. The molecule has 2 unspecified atom stereocenters. The molecule has 55 heavy (non-hydrogen) atoms. The Bertz CT molecular complexity index is 1090. The van der Waals surface area contributed by atoms with Crippen molar-refractivity contribution in [3.05, 3.63) is 20.4 Å². The van der Waals surface area contributed by atoms with Gasteiger partial charge >= 0.3 is 5.97 Å². The predicted molar refractivity (Wildman–Crippen MR) is 234 cm³/mol. The van der Waals surface area contributed by atoms with Crippen LogP contribution in [0.15, 0.2) is 9.59 Å². The molecule has 322 valence electrons. The average molecular weight is 778 g/mol. The van der Waals surface area contributed by atoms with Crippen molar-refractivity contribution in [1.82, 2.24) is 4.90 Å². The summed E-state index contributed by atoms with van der Waals surface area (Å²) >= 11 is 0. The van der Waals surface area contributed by atoms with Gasteiger partial charge in [-0.2, -0.15) is 0 Å². The number of hydrogen-bond donors (Lipinski definition) is 3. The van der Waals surface area contributed by atoms with E-state index in [0.29, 0.717) is 24.3 Å². The zero-order valence-electron chi connectivity index (χ0n) is 36.5. The highest BCUT2D eigenvalue weighted by Crippen LogP contribution is 2.24. The van der Waals surface area contributed by atoms with Gasteiger partial charge in [-0.05, 0) is 70.5 Å². The van der Waals surface area contributed by atoms with Gasteiger partial charge in [0.25, 0.3) is 17.3 Å². The maximum absolute atomic E-state index is 12.3. The number of carbonyl (C=O) groups excluding carboxylic acids is 1. The summed E-state index contributed by atoms with van der Waals surface area (Å²) in [6.45, 7) is 12.7. The van der Waals surface area contributed by atoms with Crippen LogP contribution in [-0.4, -0.2) is 61.8 Å². The van der Waals surface area contributed by atoms with Crippen molar-refractivity contribution in [2.45, 2.75) is 220 Å². The number of ether oxygens (including phenoxy) is 1. The van der Waals surface area contributed by atoms with E-state index in [9.17, 15) is 14.4 Å². The molecule has 9 heteroatoms. The maximum atomic E-state index is 12.3. The summed E-state index contributed by atoms with van der Waals surface area (Å²) < 4.78 is 5.70. The predicted octanol–water partition coefficient (Wildman–Crippen LogP) is 11.7. The van der Waals surface area contributed by atoms with Crippen LogP contribution in [0.4, 0.5) is 11.4 Å². The van der Waals surface area contributed by atoms with Gasteiger partial charge < -0.3 is 25.4 Å². The van der Waals surface area contributed by atoms with E-state index in [-0.39, 0.29) is 18.5 Å². The smallest absolute Gasteiger partial charge is 0.306 e. The van der Waals surface area contributed by atoms with Gasteiger partial charge in [-0.3, -0.25) is 19.2 Å². The molecule has 0 radical (unpaired) electrons. The lowest BCUT2D eigenvalue weighted by Crippen LogP contribution is -2.37. The van der Waals surface area contributed by atoms with Gasteiger partial charge in [0.05, 0.1) is 0 Å². The van der Waals surface area contributed by atoms with Crippen LogP contribution in [0.25, 0.3) is 0 Å². The average Bonchev–Trinajstić information content (AvgIpc) is 3.18. The molecule has 0 aliphatic heterocycles. The van der Waals surface area contributed by atoms with E-state index < -0.39 is 10.9 Å². The van der Waals surface area contributed by atoms with Crippen LogP contribution in [0.1, 0.15) is 214 Å². The Morgan fingerprint density at radius 2 is 1.05 bits per heavy atom. The summed E-state index contributed by atoms with van der Waals surface area (Å²) in [6.07, 6.45) is 36.1. The second kappa shape index (κ2) is 38.5. The van der Waals surface area contributed by atoms with Crippen molar-refractivity contribution in [2.24, 2.45) is 5.92 Å². The lowest BCUT2D eigenvalue weighted by atomic mass is 9.89. The largest absolute Gasteiger partial charge is 0.483 e. The molecule has 0 spiro atoms. The van der Waals surface area contributed by atoms with Crippen molar-refractivity contribution in [3.63, 3.8) is 0 Å². The molecule has 1 aromatic rings. The maximum Gasteiger partial charge on any atom is 0.306 e. The van der Waals surface area contributed by atoms with Gasteiger partial charge in [0.15, 0.2) is 0 Å². The highest BCUT2D eigenvalue weighted by atomic mass is 16.5. The number of unbranched alkanes of at least 4 members (excludes halogenated alkanes) is 17. The van der Waals surface area contributed by atoms with Crippen LogP contribution in [0, 0.1) is 5.92 Å². The second-order valence-electron chi connectivity index (χ2n) is 15.9. The molecule has 0 aliphatic rings. The first-order valence-electron chi connectivity index (χ1n) is 23.1. The Hall–Kier alpha value is -2.42. The van der Waals surface area contributed by atoms with Crippen LogP contribution in [0.3, 0.4) is 0 Å². The lowest BCUT2D eigenvalue weighted by Gasteiger charge is -2.23. The molecule has 3 N–H and O–H groups in total. The molecule has 0 saturated carbocycles. The van der Waals surface area contributed by atoms with Gasteiger partial charge in [0.2, 0.25) is 0 Å². The molecular formula is C46H87N3O6. The van der Waals surface area contributed by atoms with E-state index in [0.717, 1.165) is 76.9 Å². The number of nitrogens with one attached hydrogen (secondary N) is 2. The van der Waals surface area contributed by atoms with E-state index >= 15 is 0 Å². The van der Waals surface area contributed by atoms with E-state index in [2.05, 4.69) is 43.2 Å². The Morgan fingerprint density at radius 3 is 1.56 bits per heavy atom. The first-order chi connectivity index (χ1) is 26.8. The first kappa shape index (κ1) is 52.6. The normalized spacial score (nSPS) is 12.3. The van der Waals surface area contributed by atoms with Gasteiger partial charge in [-0.15, -0.1) is 0 Å².